The fourth-order valence-corrected chi connectivity index (χ4v) is 4.08. The molecule has 0 aliphatic rings. The van der Waals surface area contributed by atoms with E-state index in [2.05, 4.69) is 5.32 Å². The average molecular weight is 394 g/mol. The molecule has 3 rings (SSSR count). The van der Waals surface area contributed by atoms with Gasteiger partial charge in [0.05, 0.1) is 10.0 Å². The zero-order valence-corrected chi connectivity index (χ0v) is 15.5. The molecule has 128 valence electrons. The molecule has 2 aromatic carbocycles. The first-order chi connectivity index (χ1) is 11.9. The van der Waals surface area contributed by atoms with Crippen LogP contribution in [0.15, 0.2) is 56.6 Å². The van der Waals surface area contributed by atoms with Crippen molar-refractivity contribution in [3.05, 3.63) is 68.5 Å². The standard InChI is InChI=1S/C18H13Cl2NO3S/c1-10(22)21-12-5-6-13-11(7-17(23)24-16(13)8-12)9-25-18-14(19)3-2-4-15(18)20/h2-8H,9H2,1H3,(H,21,22). The summed E-state index contributed by atoms with van der Waals surface area (Å²) in [6.07, 6.45) is 0. The van der Waals surface area contributed by atoms with Crippen LogP contribution in [0.3, 0.4) is 0 Å². The highest BCUT2D eigenvalue weighted by molar-refractivity contribution is 7.98. The Kier molecular flexibility index (Phi) is 5.37. The topological polar surface area (TPSA) is 59.3 Å². The van der Waals surface area contributed by atoms with E-state index in [-0.39, 0.29) is 5.91 Å². The third-order valence-corrected chi connectivity index (χ3v) is 5.48. The Hall–Kier alpha value is -1.95. The van der Waals surface area contributed by atoms with E-state index in [1.54, 1.807) is 30.3 Å². The van der Waals surface area contributed by atoms with E-state index in [9.17, 15) is 9.59 Å². The smallest absolute Gasteiger partial charge is 0.336 e. The maximum Gasteiger partial charge on any atom is 0.336 e. The summed E-state index contributed by atoms with van der Waals surface area (Å²) in [5.41, 5.74) is 1.34. The largest absolute Gasteiger partial charge is 0.423 e. The molecule has 0 unspecified atom stereocenters. The van der Waals surface area contributed by atoms with Crippen molar-refractivity contribution in [2.75, 3.05) is 5.32 Å². The zero-order chi connectivity index (χ0) is 18.0. The minimum Gasteiger partial charge on any atom is -0.423 e. The summed E-state index contributed by atoms with van der Waals surface area (Å²) in [5.74, 6) is 0.312. The second-order valence-electron chi connectivity index (χ2n) is 5.32. The van der Waals surface area contributed by atoms with Crippen LogP contribution < -0.4 is 10.9 Å². The summed E-state index contributed by atoms with van der Waals surface area (Å²) in [4.78, 5) is 23.8. The molecule has 0 radical (unpaired) electrons. The number of amides is 1. The Balaban J connectivity index is 1.96. The number of benzene rings is 2. The number of fused-ring (bicyclic) bond motifs is 1. The first-order valence-electron chi connectivity index (χ1n) is 7.35. The lowest BCUT2D eigenvalue weighted by molar-refractivity contribution is -0.114. The molecule has 0 bridgehead atoms. The third kappa shape index (κ3) is 4.18. The highest BCUT2D eigenvalue weighted by Crippen LogP contribution is 2.36. The maximum atomic E-state index is 11.9. The minimum absolute atomic E-state index is 0.193. The van der Waals surface area contributed by atoms with Gasteiger partial charge in [-0.3, -0.25) is 4.79 Å². The molecule has 0 saturated heterocycles. The molecule has 4 nitrogen and oxygen atoms in total. The van der Waals surface area contributed by atoms with E-state index in [0.29, 0.717) is 27.1 Å². The molecular formula is C18H13Cl2NO3S. The molecule has 0 atom stereocenters. The second-order valence-corrected chi connectivity index (χ2v) is 7.12. The van der Waals surface area contributed by atoms with Crippen LogP contribution >= 0.6 is 35.0 Å². The van der Waals surface area contributed by atoms with E-state index in [1.165, 1.54) is 24.8 Å². The van der Waals surface area contributed by atoms with Crippen LogP contribution in [0.1, 0.15) is 12.5 Å². The number of halogens is 2. The number of anilines is 1. The summed E-state index contributed by atoms with van der Waals surface area (Å²) in [6.45, 7) is 1.42. The lowest BCUT2D eigenvalue weighted by Crippen LogP contribution is -2.06. The fourth-order valence-electron chi connectivity index (χ4n) is 2.40. The number of thioether (sulfide) groups is 1. The number of carbonyl (C=O) groups excluding carboxylic acids is 1. The van der Waals surface area contributed by atoms with Crippen LogP contribution in [0.4, 0.5) is 5.69 Å². The van der Waals surface area contributed by atoms with Gasteiger partial charge in [-0.2, -0.15) is 0 Å². The molecule has 1 amide bonds. The molecular weight excluding hydrogens is 381 g/mol. The van der Waals surface area contributed by atoms with Gasteiger partial charge in [0, 0.05) is 40.8 Å². The molecule has 1 aromatic heterocycles. The Labute approximate surface area is 158 Å². The van der Waals surface area contributed by atoms with Gasteiger partial charge in [-0.05, 0) is 29.8 Å². The molecule has 1 heterocycles. The van der Waals surface area contributed by atoms with Crippen LogP contribution in [0.5, 0.6) is 0 Å². The van der Waals surface area contributed by atoms with E-state index in [0.717, 1.165) is 15.8 Å². The predicted molar refractivity (Wildman–Crippen MR) is 103 cm³/mol. The van der Waals surface area contributed by atoms with E-state index in [1.807, 2.05) is 6.07 Å². The lowest BCUT2D eigenvalue weighted by atomic mass is 10.1. The molecule has 3 aromatic rings. The zero-order valence-electron chi connectivity index (χ0n) is 13.1. The van der Waals surface area contributed by atoms with Gasteiger partial charge in [0.1, 0.15) is 5.58 Å². The normalized spacial score (nSPS) is 10.8. The van der Waals surface area contributed by atoms with Crippen molar-refractivity contribution < 1.29 is 9.21 Å². The van der Waals surface area contributed by atoms with Gasteiger partial charge in [0.2, 0.25) is 5.91 Å². The van der Waals surface area contributed by atoms with Gasteiger partial charge in [-0.1, -0.05) is 29.3 Å². The number of rotatable bonds is 4. The Morgan fingerprint density at radius 1 is 1.16 bits per heavy atom. The highest BCUT2D eigenvalue weighted by atomic mass is 35.5. The van der Waals surface area contributed by atoms with Crippen molar-refractivity contribution in [2.24, 2.45) is 0 Å². The number of hydrogen-bond donors (Lipinski definition) is 1. The summed E-state index contributed by atoms with van der Waals surface area (Å²) in [6, 6.07) is 12.0. The van der Waals surface area contributed by atoms with E-state index >= 15 is 0 Å². The fraction of sp³-hybridized carbons (Fsp3) is 0.111. The molecule has 0 aliphatic carbocycles. The first-order valence-corrected chi connectivity index (χ1v) is 9.09. The van der Waals surface area contributed by atoms with E-state index in [4.69, 9.17) is 27.6 Å². The molecule has 25 heavy (non-hydrogen) atoms. The van der Waals surface area contributed by atoms with Crippen molar-refractivity contribution in [1.82, 2.24) is 0 Å². The SMILES string of the molecule is CC(=O)Nc1ccc2c(CSc3c(Cl)cccc3Cl)cc(=O)oc2c1. The van der Waals surface area contributed by atoms with Crippen LogP contribution in [-0.4, -0.2) is 5.91 Å². The van der Waals surface area contributed by atoms with Gasteiger partial charge < -0.3 is 9.73 Å². The van der Waals surface area contributed by atoms with Gasteiger partial charge in [0.25, 0.3) is 0 Å². The summed E-state index contributed by atoms with van der Waals surface area (Å²) in [5, 5.41) is 4.60. The van der Waals surface area contributed by atoms with Crippen molar-refractivity contribution in [1.29, 1.82) is 0 Å². The molecule has 7 heteroatoms. The molecule has 0 saturated carbocycles. The molecule has 1 N–H and O–H groups in total. The van der Waals surface area contributed by atoms with Crippen LogP contribution in [0, 0.1) is 0 Å². The van der Waals surface area contributed by atoms with E-state index < -0.39 is 5.63 Å². The van der Waals surface area contributed by atoms with Gasteiger partial charge in [-0.15, -0.1) is 11.8 Å². The minimum atomic E-state index is -0.451. The monoisotopic (exact) mass is 393 g/mol. The Morgan fingerprint density at radius 2 is 1.88 bits per heavy atom. The highest BCUT2D eigenvalue weighted by Gasteiger charge is 2.11. The molecule has 0 spiro atoms. The summed E-state index contributed by atoms with van der Waals surface area (Å²) in [7, 11) is 0. The third-order valence-electron chi connectivity index (χ3n) is 3.44. The van der Waals surface area contributed by atoms with Crippen molar-refractivity contribution in [3.8, 4) is 0 Å². The molecule has 0 fully saturated rings. The molecule has 0 aliphatic heterocycles. The number of nitrogens with one attached hydrogen (secondary N) is 1. The lowest BCUT2D eigenvalue weighted by Gasteiger charge is -2.09. The van der Waals surface area contributed by atoms with Gasteiger partial charge >= 0.3 is 5.63 Å². The quantitative estimate of drug-likeness (QED) is 0.479. The van der Waals surface area contributed by atoms with Crippen molar-refractivity contribution in [3.63, 3.8) is 0 Å². The van der Waals surface area contributed by atoms with Crippen LogP contribution in [-0.2, 0) is 10.5 Å². The van der Waals surface area contributed by atoms with Crippen molar-refractivity contribution >= 4 is 57.5 Å². The average Bonchev–Trinajstić information content (AvgIpc) is 2.53. The first kappa shape index (κ1) is 17.9. The maximum absolute atomic E-state index is 11.9. The second kappa shape index (κ2) is 7.52. The van der Waals surface area contributed by atoms with Crippen LogP contribution in [0.2, 0.25) is 10.0 Å². The number of hydrogen-bond acceptors (Lipinski definition) is 4. The summed E-state index contributed by atoms with van der Waals surface area (Å²) < 4.78 is 5.26. The van der Waals surface area contributed by atoms with Crippen molar-refractivity contribution in [2.45, 2.75) is 17.6 Å². The Morgan fingerprint density at radius 3 is 2.56 bits per heavy atom. The van der Waals surface area contributed by atoms with Gasteiger partial charge in [0.15, 0.2) is 0 Å². The number of carbonyl (C=O) groups is 1. The van der Waals surface area contributed by atoms with Gasteiger partial charge in [-0.25, -0.2) is 4.79 Å². The van der Waals surface area contributed by atoms with Crippen LogP contribution in [0.25, 0.3) is 11.0 Å². The summed E-state index contributed by atoms with van der Waals surface area (Å²) >= 11 is 13.8. The predicted octanol–water partition coefficient (Wildman–Crippen LogP) is 5.35. The Bertz CT molecular complexity index is 997.